The first-order valence-corrected chi connectivity index (χ1v) is 13.1. The molecule has 1 unspecified atom stereocenters. The highest BCUT2D eigenvalue weighted by molar-refractivity contribution is 6.03. The summed E-state index contributed by atoms with van der Waals surface area (Å²) in [4.78, 5) is 2.15. The van der Waals surface area contributed by atoms with E-state index in [1.54, 1.807) is 0 Å². The van der Waals surface area contributed by atoms with Gasteiger partial charge in [0.25, 0.3) is 0 Å². The third kappa shape index (κ3) is 3.72. The van der Waals surface area contributed by atoms with Gasteiger partial charge in [0.15, 0.2) is 0 Å². The topological polar surface area (TPSA) is 50.8 Å². The lowest BCUT2D eigenvalue weighted by Gasteiger charge is -2.28. The number of rotatable bonds is 4. The van der Waals surface area contributed by atoms with Crippen molar-refractivity contribution >= 4 is 22.6 Å². The van der Waals surface area contributed by atoms with E-state index in [4.69, 9.17) is 0 Å². The van der Waals surface area contributed by atoms with E-state index in [1.807, 2.05) is 48.5 Å². The van der Waals surface area contributed by atoms with E-state index >= 15 is 0 Å². The second-order valence-corrected chi connectivity index (χ2v) is 9.97. The van der Waals surface area contributed by atoms with Gasteiger partial charge in [-0.2, -0.15) is 10.5 Å². The Labute approximate surface area is 228 Å². The van der Waals surface area contributed by atoms with Gasteiger partial charge in [-0.25, -0.2) is 0 Å². The van der Waals surface area contributed by atoms with Crippen molar-refractivity contribution in [2.75, 3.05) is 4.90 Å². The molecule has 39 heavy (non-hydrogen) atoms. The van der Waals surface area contributed by atoms with Gasteiger partial charge in [0, 0.05) is 23.0 Å². The van der Waals surface area contributed by atoms with Gasteiger partial charge in [-0.15, -0.1) is 0 Å². The summed E-state index contributed by atoms with van der Waals surface area (Å²) in [6.07, 6.45) is 3.38. The molecule has 0 amide bonds. The molecule has 0 saturated heterocycles. The van der Waals surface area contributed by atoms with E-state index in [2.05, 4.69) is 89.8 Å². The number of hydrogen-bond donors (Lipinski definition) is 0. The third-order valence-corrected chi connectivity index (χ3v) is 7.87. The fourth-order valence-corrected chi connectivity index (χ4v) is 6.04. The molecule has 0 aliphatic heterocycles. The van der Waals surface area contributed by atoms with E-state index in [0.29, 0.717) is 17.0 Å². The Morgan fingerprint density at radius 3 is 1.69 bits per heavy atom. The van der Waals surface area contributed by atoms with Gasteiger partial charge >= 0.3 is 0 Å². The summed E-state index contributed by atoms with van der Waals surface area (Å²) < 4.78 is 0. The monoisotopic (exact) mass is 497 g/mol. The number of allylic oxidation sites excluding steroid dienone is 1. The van der Waals surface area contributed by atoms with Crippen LogP contribution in [0.25, 0.3) is 16.7 Å². The second kappa shape index (κ2) is 9.18. The molecule has 5 aromatic carbocycles. The third-order valence-electron chi connectivity index (χ3n) is 7.87. The van der Waals surface area contributed by atoms with E-state index < -0.39 is 0 Å². The van der Waals surface area contributed by atoms with Crippen molar-refractivity contribution in [1.29, 1.82) is 10.5 Å². The molecular weight excluding hydrogens is 474 g/mol. The molecule has 0 bridgehead atoms. The van der Waals surface area contributed by atoms with Gasteiger partial charge in [0.2, 0.25) is 0 Å². The maximum Gasteiger partial charge on any atom is 0.0991 e. The van der Waals surface area contributed by atoms with Crippen LogP contribution in [0.15, 0.2) is 121 Å². The average molecular weight is 498 g/mol. The van der Waals surface area contributed by atoms with Gasteiger partial charge in [-0.1, -0.05) is 60.7 Å². The Kier molecular flexibility index (Phi) is 5.36. The van der Waals surface area contributed by atoms with Crippen molar-refractivity contribution in [2.24, 2.45) is 0 Å². The Morgan fingerprint density at radius 1 is 0.564 bits per heavy atom. The molecule has 1 atom stereocenters. The summed E-state index contributed by atoms with van der Waals surface area (Å²) in [7, 11) is 0. The number of benzene rings is 5. The minimum Gasteiger partial charge on any atom is -0.311 e. The van der Waals surface area contributed by atoms with Crippen molar-refractivity contribution in [2.45, 2.75) is 12.3 Å². The largest absolute Gasteiger partial charge is 0.311 e. The predicted molar refractivity (Wildman–Crippen MR) is 156 cm³/mol. The fourth-order valence-electron chi connectivity index (χ4n) is 6.04. The molecule has 0 fully saturated rings. The first-order valence-electron chi connectivity index (χ1n) is 13.1. The van der Waals surface area contributed by atoms with Crippen LogP contribution in [0.2, 0.25) is 0 Å². The van der Waals surface area contributed by atoms with Crippen LogP contribution in [0.5, 0.6) is 0 Å². The molecule has 0 aromatic heterocycles. The van der Waals surface area contributed by atoms with Crippen molar-refractivity contribution < 1.29 is 0 Å². The number of nitrogens with zero attached hydrogens (tertiary/aromatic N) is 3. The van der Waals surface area contributed by atoms with Crippen molar-refractivity contribution in [3.05, 3.63) is 155 Å². The molecule has 5 aromatic rings. The lowest BCUT2D eigenvalue weighted by Crippen LogP contribution is -2.11. The highest BCUT2D eigenvalue weighted by Crippen LogP contribution is 2.51. The molecule has 7 rings (SSSR count). The minimum absolute atomic E-state index is 0.297. The lowest BCUT2D eigenvalue weighted by atomic mass is 9.79. The Bertz CT molecular complexity index is 1770. The van der Waals surface area contributed by atoms with Crippen LogP contribution in [0.3, 0.4) is 0 Å². The number of nitriles is 2. The van der Waals surface area contributed by atoms with Crippen LogP contribution in [-0.2, 0) is 0 Å². The summed E-state index contributed by atoms with van der Waals surface area (Å²) in [5.41, 5.74) is 13.6. The first-order chi connectivity index (χ1) is 19.2. The van der Waals surface area contributed by atoms with Crippen molar-refractivity contribution in [1.82, 2.24) is 0 Å². The van der Waals surface area contributed by atoms with E-state index in [-0.39, 0.29) is 0 Å². The summed E-state index contributed by atoms with van der Waals surface area (Å²) in [6.45, 7) is 0. The molecule has 2 aliphatic rings. The van der Waals surface area contributed by atoms with Gasteiger partial charge in [0.1, 0.15) is 0 Å². The zero-order chi connectivity index (χ0) is 26.3. The Hall–Kier alpha value is -5.38. The normalized spacial score (nSPS) is 14.4. The summed E-state index contributed by atoms with van der Waals surface area (Å²) in [5.74, 6) is 0.297. The first kappa shape index (κ1) is 22.8. The smallest absolute Gasteiger partial charge is 0.0991 e. The molecule has 0 radical (unpaired) electrons. The lowest BCUT2D eigenvalue weighted by molar-refractivity contribution is 0.817. The molecule has 0 saturated carbocycles. The van der Waals surface area contributed by atoms with Crippen LogP contribution < -0.4 is 4.90 Å². The SMILES string of the molecule is N#Cc1ccc(N(c2ccc(C#N)cc2)c2ccc(C3CC=C4c5ccccc5-c5cccc3c54)cc2)cc1. The Morgan fingerprint density at radius 2 is 1.10 bits per heavy atom. The standard InChI is InChI=1S/C36H23N3/c37-22-24-8-14-27(15-9-24)39(28-16-10-25(23-38)11-17-28)29-18-12-26(13-19-29)30-20-21-35-32-5-2-1-4-31(32)34-7-3-6-33(30)36(34)35/h1-19,21,30H,20H2. The maximum atomic E-state index is 9.27. The van der Waals surface area contributed by atoms with Crippen LogP contribution in [-0.4, -0.2) is 0 Å². The van der Waals surface area contributed by atoms with Gasteiger partial charge < -0.3 is 4.90 Å². The maximum absolute atomic E-state index is 9.27. The average Bonchev–Trinajstić information content (AvgIpc) is 3.34. The minimum atomic E-state index is 0.297. The predicted octanol–water partition coefficient (Wildman–Crippen LogP) is 8.85. The number of fused-ring (bicyclic) bond motifs is 3. The molecule has 3 heteroatoms. The molecule has 0 spiro atoms. The molecule has 0 heterocycles. The fraction of sp³-hybridized carbons (Fsp3) is 0.0556. The van der Waals surface area contributed by atoms with Gasteiger partial charge in [-0.05, 0) is 106 Å². The van der Waals surface area contributed by atoms with E-state index in [9.17, 15) is 10.5 Å². The molecule has 182 valence electrons. The van der Waals surface area contributed by atoms with Gasteiger partial charge in [-0.3, -0.25) is 0 Å². The highest BCUT2D eigenvalue weighted by atomic mass is 15.1. The summed E-state index contributed by atoms with van der Waals surface area (Å²) >= 11 is 0. The van der Waals surface area contributed by atoms with Gasteiger partial charge in [0.05, 0.1) is 23.3 Å². The van der Waals surface area contributed by atoms with Crippen LogP contribution in [0.1, 0.15) is 45.7 Å². The Balaban J connectivity index is 1.27. The zero-order valence-corrected chi connectivity index (χ0v) is 21.2. The quantitative estimate of drug-likeness (QED) is 0.244. The molecule has 0 N–H and O–H groups in total. The van der Waals surface area contributed by atoms with Crippen molar-refractivity contribution in [3.8, 4) is 23.3 Å². The number of anilines is 3. The van der Waals surface area contributed by atoms with Crippen LogP contribution in [0, 0.1) is 22.7 Å². The summed E-state index contributed by atoms with van der Waals surface area (Å²) in [5, 5.41) is 18.5. The van der Waals surface area contributed by atoms with E-state index in [0.717, 1.165) is 23.5 Å². The van der Waals surface area contributed by atoms with Crippen LogP contribution >= 0.6 is 0 Å². The van der Waals surface area contributed by atoms with Crippen molar-refractivity contribution in [3.63, 3.8) is 0 Å². The zero-order valence-electron chi connectivity index (χ0n) is 21.2. The molecule has 3 nitrogen and oxygen atoms in total. The number of hydrogen-bond acceptors (Lipinski definition) is 3. The second-order valence-electron chi connectivity index (χ2n) is 9.97. The molecular formula is C36H23N3. The highest BCUT2D eigenvalue weighted by Gasteiger charge is 2.31. The van der Waals surface area contributed by atoms with Crippen LogP contribution in [0.4, 0.5) is 17.1 Å². The summed E-state index contributed by atoms with van der Waals surface area (Å²) in [6, 6.07) is 43.8. The van der Waals surface area contributed by atoms with E-state index in [1.165, 1.54) is 39.0 Å². The molecule has 2 aliphatic carbocycles.